The molecule has 0 radical (unpaired) electrons. The predicted molar refractivity (Wildman–Crippen MR) is 212 cm³/mol. The maximum Gasteiger partial charge on any atom is 0.311 e. The molecule has 0 amide bonds. The van der Waals surface area contributed by atoms with E-state index in [0.29, 0.717) is 39.3 Å². The molecule has 2 N–H and O–H groups in total. The second-order valence-electron chi connectivity index (χ2n) is 14.7. The number of halogens is 1. The Kier molecular flexibility index (Phi) is 11.7. The van der Waals surface area contributed by atoms with Gasteiger partial charge in [0.25, 0.3) is 0 Å². The monoisotopic (exact) mass is 743 g/mol. The number of carboxylic acids is 1. The van der Waals surface area contributed by atoms with Gasteiger partial charge in [-0.15, -0.1) is 0 Å². The Morgan fingerprint density at radius 3 is 2.39 bits per heavy atom. The first-order chi connectivity index (χ1) is 25.9. The Morgan fingerprint density at radius 1 is 0.944 bits per heavy atom. The summed E-state index contributed by atoms with van der Waals surface area (Å²) in [5.41, 5.74) is 11.4. The van der Waals surface area contributed by atoms with Crippen molar-refractivity contribution >= 4 is 17.6 Å². The second kappa shape index (κ2) is 16.4. The van der Waals surface area contributed by atoms with Crippen LogP contribution in [0.2, 0.25) is 5.02 Å². The number of aliphatic carboxylic acids is 1. The summed E-state index contributed by atoms with van der Waals surface area (Å²) in [6.07, 6.45) is 5.79. The molecule has 0 aliphatic heterocycles. The third-order valence-corrected chi connectivity index (χ3v) is 11.1. The molecule has 54 heavy (non-hydrogen) atoms. The van der Waals surface area contributed by atoms with Crippen LogP contribution in [0, 0.1) is 30.6 Å². The highest BCUT2D eigenvalue weighted by Gasteiger charge is 2.32. The van der Waals surface area contributed by atoms with Crippen molar-refractivity contribution in [1.82, 2.24) is 9.88 Å². The van der Waals surface area contributed by atoms with Crippen molar-refractivity contribution in [2.24, 2.45) is 5.41 Å². The number of ether oxygens (including phenoxy) is 2. The molecule has 8 nitrogen and oxygen atoms in total. The van der Waals surface area contributed by atoms with Gasteiger partial charge in [-0.05, 0) is 128 Å². The summed E-state index contributed by atoms with van der Waals surface area (Å²) in [7, 11) is 4.30. The van der Waals surface area contributed by atoms with E-state index in [2.05, 4.69) is 92.4 Å². The number of carboxylic acid groups (broad SMARTS) is 1. The van der Waals surface area contributed by atoms with Crippen LogP contribution in [0.15, 0.2) is 85.2 Å². The molecular formula is C45H46ClN3O5. The zero-order valence-electron chi connectivity index (χ0n) is 31.4. The Labute approximate surface area is 322 Å². The minimum absolute atomic E-state index is 0.119. The van der Waals surface area contributed by atoms with E-state index in [1.807, 2.05) is 6.07 Å². The number of hydrogen-bond acceptors (Lipinski definition) is 7. The van der Waals surface area contributed by atoms with E-state index < -0.39 is 18.0 Å². The number of benzene rings is 4. The van der Waals surface area contributed by atoms with E-state index in [4.69, 9.17) is 21.1 Å². The lowest BCUT2D eigenvalue weighted by Crippen LogP contribution is -2.32. The standard InChI is InChI=1S/C45H46ClN3O5/c1-28-35(8-6-10-37(28)38-11-7-9-36(29(38)2)32-12-14-39-33(19-32)13-15-41(39)49(4)5)26-54-43-21-42(53-25-31-18-30(22-47)23-48-24-31)34(20-40(43)46)16-17-45(3,27-50)44(51)52/h6-12,14,18-21,23-24,41,50H,13,15-17,25-27H2,1-5H3,(H,51,52)/t41-,45+/m1/s1. The average molecular weight is 744 g/mol. The first-order valence-electron chi connectivity index (χ1n) is 18.2. The molecule has 6 rings (SSSR count). The number of hydrogen-bond donors (Lipinski definition) is 2. The number of aliphatic hydroxyl groups is 1. The van der Waals surface area contributed by atoms with Crippen LogP contribution in [0.3, 0.4) is 0 Å². The van der Waals surface area contributed by atoms with E-state index in [0.717, 1.165) is 29.5 Å². The van der Waals surface area contributed by atoms with Crippen molar-refractivity contribution in [2.45, 2.75) is 65.7 Å². The van der Waals surface area contributed by atoms with Crippen molar-refractivity contribution in [1.29, 1.82) is 5.26 Å². The topological polar surface area (TPSA) is 116 Å². The van der Waals surface area contributed by atoms with Crippen LogP contribution in [-0.2, 0) is 30.8 Å². The van der Waals surface area contributed by atoms with Gasteiger partial charge in [-0.1, -0.05) is 66.2 Å². The number of rotatable bonds is 14. The summed E-state index contributed by atoms with van der Waals surface area (Å²) < 4.78 is 12.6. The fraction of sp³-hybridized carbons (Fsp3) is 0.311. The largest absolute Gasteiger partial charge is 0.488 e. The molecule has 0 spiro atoms. The van der Waals surface area contributed by atoms with E-state index >= 15 is 0 Å². The van der Waals surface area contributed by atoms with Crippen molar-refractivity contribution < 1.29 is 24.5 Å². The molecule has 278 valence electrons. The highest BCUT2D eigenvalue weighted by atomic mass is 35.5. The number of aryl methyl sites for hydroxylation is 2. The molecule has 1 aliphatic carbocycles. The van der Waals surface area contributed by atoms with Crippen LogP contribution in [0.1, 0.15) is 70.3 Å². The van der Waals surface area contributed by atoms with Gasteiger partial charge in [0.1, 0.15) is 30.8 Å². The Balaban J connectivity index is 1.25. The van der Waals surface area contributed by atoms with Gasteiger partial charge < -0.3 is 24.6 Å². The smallest absolute Gasteiger partial charge is 0.311 e. The number of pyridine rings is 1. The molecule has 0 unspecified atom stereocenters. The minimum Gasteiger partial charge on any atom is -0.488 e. The van der Waals surface area contributed by atoms with E-state index in [1.54, 1.807) is 24.4 Å². The zero-order chi connectivity index (χ0) is 38.6. The fourth-order valence-corrected chi connectivity index (χ4v) is 7.54. The van der Waals surface area contributed by atoms with Gasteiger partial charge in [0.05, 0.1) is 22.6 Å². The van der Waals surface area contributed by atoms with Crippen molar-refractivity contribution in [2.75, 3.05) is 20.7 Å². The minimum atomic E-state index is -1.33. The van der Waals surface area contributed by atoms with Crippen LogP contribution in [0.4, 0.5) is 0 Å². The second-order valence-corrected chi connectivity index (χ2v) is 15.1. The maximum absolute atomic E-state index is 11.9. The lowest BCUT2D eigenvalue weighted by molar-refractivity contribution is -0.150. The van der Waals surface area contributed by atoms with E-state index in [1.165, 1.54) is 46.5 Å². The lowest BCUT2D eigenvalue weighted by Gasteiger charge is -2.23. The Morgan fingerprint density at radius 2 is 1.67 bits per heavy atom. The van der Waals surface area contributed by atoms with Crippen LogP contribution in [-0.4, -0.2) is 46.8 Å². The van der Waals surface area contributed by atoms with Crippen LogP contribution < -0.4 is 9.47 Å². The van der Waals surface area contributed by atoms with Gasteiger partial charge in [-0.3, -0.25) is 9.78 Å². The van der Waals surface area contributed by atoms with E-state index in [9.17, 15) is 20.3 Å². The summed E-state index contributed by atoms with van der Waals surface area (Å²) in [4.78, 5) is 18.3. The molecule has 0 saturated carbocycles. The molecule has 4 aromatic carbocycles. The van der Waals surface area contributed by atoms with Gasteiger partial charge in [-0.25, -0.2) is 0 Å². The summed E-state index contributed by atoms with van der Waals surface area (Å²) in [6.45, 7) is 5.68. The van der Waals surface area contributed by atoms with Crippen molar-refractivity contribution in [3.8, 4) is 39.8 Å². The van der Waals surface area contributed by atoms with Gasteiger partial charge in [0, 0.05) is 30.1 Å². The quantitative estimate of drug-likeness (QED) is 0.116. The fourth-order valence-electron chi connectivity index (χ4n) is 7.30. The Hall–Kier alpha value is -5.20. The molecule has 1 aromatic heterocycles. The molecule has 1 heterocycles. The Bertz CT molecular complexity index is 2230. The predicted octanol–water partition coefficient (Wildman–Crippen LogP) is 9.28. The molecule has 0 fully saturated rings. The van der Waals surface area contributed by atoms with Gasteiger partial charge in [-0.2, -0.15) is 5.26 Å². The summed E-state index contributed by atoms with van der Waals surface area (Å²) >= 11 is 6.80. The number of aliphatic hydroxyl groups excluding tert-OH is 1. The normalized spacial score (nSPS) is 14.7. The van der Waals surface area contributed by atoms with Gasteiger partial charge >= 0.3 is 5.97 Å². The SMILES string of the molecule is Cc1c(COc2cc(OCc3cncc(C#N)c3)c(CC[C@@](C)(CO)C(=O)O)cc2Cl)cccc1-c1cccc(-c2ccc3c(c2)CC[C@H]3N(C)C)c1C. The van der Waals surface area contributed by atoms with Crippen LogP contribution in [0.25, 0.3) is 22.3 Å². The van der Waals surface area contributed by atoms with Crippen molar-refractivity contribution in [3.05, 3.63) is 135 Å². The first kappa shape index (κ1) is 38.5. The highest BCUT2D eigenvalue weighted by Crippen LogP contribution is 2.40. The van der Waals surface area contributed by atoms with E-state index in [-0.39, 0.29) is 26.1 Å². The summed E-state index contributed by atoms with van der Waals surface area (Å²) in [5, 5.41) is 29.2. The lowest BCUT2D eigenvalue weighted by atomic mass is 9.85. The van der Waals surface area contributed by atoms with Crippen molar-refractivity contribution in [3.63, 3.8) is 0 Å². The molecule has 5 aromatic rings. The number of nitrogens with zero attached hydrogens (tertiary/aromatic N) is 3. The highest BCUT2D eigenvalue weighted by molar-refractivity contribution is 6.32. The molecule has 1 aliphatic rings. The molecule has 0 saturated heterocycles. The number of aromatic nitrogens is 1. The van der Waals surface area contributed by atoms with Crippen LogP contribution in [0.5, 0.6) is 11.5 Å². The number of carbonyl (C=O) groups is 1. The van der Waals surface area contributed by atoms with Crippen LogP contribution >= 0.6 is 11.6 Å². The first-order valence-corrected chi connectivity index (χ1v) is 18.5. The molecule has 9 heteroatoms. The number of nitriles is 1. The van der Waals surface area contributed by atoms with Gasteiger partial charge in [0.15, 0.2) is 0 Å². The molecule has 2 atom stereocenters. The molecule has 0 bridgehead atoms. The average Bonchev–Trinajstić information content (AvgIpc) is 3.60. The summed E-state index contributed by atoms with van der Waals surface area (Å²) in [5.74, 6) is -0.207. The van der Waals surface area contributed by atoms with Gasteiger partial charge in [0.2, 0.25) is 0 Å². The third kappa shape index (κ3) is 8.14. The zero-order valence-corrected chi connectivity index (χ0v) is 32.2. The number of fused-ring (bicyclic) bond motifs is 1. The third-order valence-electron chi connectivity index (χ3n) is 10.8. The summed E-state index contributed by atoms with van der Waals surface area (Å²) in [6, 6.07) is 27.4. The maximum atomic E-state index is 11.9. The molecular weight excluding hydrogens is 698 g/mol.